The Kier molecular flexibility index (Phi) is 7.01. The van der Waals surface area contributed by atoms with E-state index in [0.29, 0.717) is 24.4 Å². The van der Waals surface area contributed by atoms with Crippen molar-refractivity contribution in [3.05, 3.63) is 65.5 Å². The van der Waals surface area contributed by atoms with E-state index in [0.717, 1.165) is 11.3 Å². The van der Waals surface area contributed by atoms with Crippen molar-refractivity contribution in [3.8, 4) is 0 Å². The summed E-state index contributed by atoms with van der Waals surface area (Å²) in [5, 5.41) is 0. The van der Waals surface area contributed by atoms with Crippen molar-refractivity contribution in [1.29, 1.82) is 0 Å². The van der Waals surface area contributed by atoms with Crippen LogP contribution in [-0.2, 0) is 0 Å². The van der Waals surface area contributed by atoms with E-state index < -0.39 is 0 Å². The second-order valence-electron chi connectivity index (χ2n) is 5.19. The molecule has 124 valence electrons. The van der Waals surface area contributed by atoms with Gasteiger partial charge in [0.25, 0.3) is 0 Å². The number of hydrogen-bond acceptors (Lipinski definition) is 3. The first-order valence-electron chi connectivity index (χ1n) is 7.04. The minimum absolute atomic E-state index is 0. The zero-order valence-corrected chi connectivity index (χ0v) is 14.4. The predicted molar refractivity (Wildman–Crippen MR) is 99.1 cm³/mol. The first-order chi connectivity index (χ1) is 10.2. The molecule has 23 heavy (non-hydrogen) atoms. The fourth-order valence-corrected chi connectivity index (χ4v) is 2.70. The van der Waals surface area contributed by atoms with Gasteiger partial charge in [0.15, 0.2) is 0 Å². The lowest BCUT2D eigenvalue weighted by atomic mass is 10.00. The Morgan fingerprint density at radius 1 is 1.09 bits per heavy atom. The first-order valence-corrected chi connectivity index (χ1v) is 7.04. The van der Waals surface area contributed by atoms with Crippen LogP contribution in [0.4, 0.5) is 10.1 Å². The first kappa shape index (κ1) is 19.4. The maximum absolute atomic E-state index is 14.2. The van der Waals surface area contributed by atoms with Gasteiger partial charge in [-0.3, -0.25) is 4.99 Å². The molecule has 0 amide bonds. The highest BCUT2D eigenvalue weighted by molar-refractivity contribution is 6.16. The number of anilines is 1. The molecule has 0 bridgehead atoms. The second-order valence-corrected chi connectivity index (χ2v) is 5.19. The summed E-state index contributed by atoms with van der Waals surface area (Å²) in [6.45, 7) is 1.07. The third-order valence-corrected chi connectivity index (χ3v) is 3.95. The molecule has 0 radical (unpaired) electrons. The SMILES string of the molecule is CN1c2ccccc2C(c2ccccc2F)=NCC1CN.Cl.Cl. The van der Waals surface area contributed by atoms with Crippen molar-refractivity contribution >= 4 is 36.2 Å². The van der Waals surface area contributed by atoms with Crippen molar-refractivity contribution in [2.24, 2.45) is 10.7 Å². The highest BCUT2D eigenvalue weighted by atomic mass is 35.5. The number of aliphatic imine (C=N–C) groups is 1. The minimum Gasteiger partial charge on any atom is -0.368 e. The summed E-state index contributed by atoms with van der Waals surface area (Å²) in [5.74, 6) is -0.250. The highest BCUT2D eigenvalue weighted by Gasteiger charge is 2.24. The van der Waals surface area contributed by atoms with Gasteiger partial charge in [-0.25, -0.2) is 4.39 Å². The number of nitrogens with zero attached hydrogens (tertiary/aromatic N) is 2. The Balaban J connectivity index is 0.00000132. The molecule has 1 aliphatic heterocycles. The number of benzene rings is 2. The standard InChI is InChI=1S/C17H18FN3.2ClH/c1-21-12(10-19)11-20-17(13-6-2-4-8-15(13)18)14-7-3-5-9-16(14)21;;/h2-9,12H,10-11,19H2,1H3;2*1H. The Hall–Kier alpha value is -1.62. The average molecular weight is 356 g/mol. The number of rotatable bonds is 2. The molecule has 0 spiro atoms. The molecule has 3 nitrogen and oxygen atoms in total. The lowest BCUT2D eigenvalue weighted by molar-refractivity contribution is 0.624. The molecule has 1 heterocycles. The summed E-state index contributed by atoms with van der Waals surface area (Å²) >= 11 is 0. The van der Waals surface area contributed by atoms with Gasteiger partial charge in [-0.15, -0.1) is 24.8 Å². The number of halogens is 3. The van der Waals surface area contributed by atoms with Gasteiger partial charge in [0, 0.05) is 30.4 Å². The van der Waals surface area contributed by atoms with Gasteiger partial charge in [0.2, 0.25) is 0 Å². The number of para-hydroxylation sites is 1. The van der Waals surface area contributed by atoms with Crippen LogP contribution >= 0.6 is 24.8 Å². The van der Waals surface area contributed by atoms with Crippen LogP contribution in [0.1, 0.15) is 11.1 Å². The molecule has 0 aromatic heterocycles. The van der Waals surface area contributed by atoms with E-state index in [2.05, 4.69) is 9.89 Å². The van der Waals surface area contributed by atoms with Crippen molar-refractivity contribution in [3.63, 3.8) is 0 Å². The molecule has 2 N–H and O–H groups in total. The zero-order valence-electron chi connectivity index (χ0n) is 12.8. The molecule has 0 saturated carbocycles. The highest BCUT2D eigenvalue weighted by Crippen LogP contribution is 2.27. The van der Waals surface area contributed by atoms with Gasteiger partial charge in [0.1, 0.15) is 5.82 Å². The van der Waals surface area contributed by atoms with E-state index in [9.17, 15) is 4.39 Å². The smallest absolute Gasteiger partial charge is 0.132 e. The number of likely N-dealkylation sites (N-methyl/N-ethyl adjacent to an activating group) is 1. The lowest BCUT2D eigenvalue weighted by Crippen LogP contribution is -2.39. The molecule has 2 aromatic carbocycles. The monoisotopic (exact) mass is 355 g/mol. The van der Waals surface area contributed by atoms with Gasteiger partial charge in [-0.05, 0) is 18.2 Å². The summed E-state index contributed by atoms with van der Waals surface area (Å²) in [4.78, 5) is 6.78. The second kappa shape index (κ2) is 8.29. The van der Waals surface area contributed by atoms with Gasteiger partial charge in [-0.2, -0.15) is 0 Å². The fraction of sp³-hybridized carbons (Fsp3) is 0.235. The van der Waals surface area contributed by atoms with Crippen LogP contribution in [0.3, 0.4) is 0 Å². The third-order valence-electron chi connectivity index (χ3n) is 3.95. The summed E-state index contributed by atoms with van der Waals surface area (Å²) in [6, 6.07) is 14.8. The number of hydrogen-bond donors (Lipinski definition) is 1. The van der Waals surface area contributed by atoms with E-state index in [4.69, 9.17) is 5.73 Å². The molecular weight excluding hydrogens is 336 g/mol. The molecule has 1 atom stereocenters. The molecule has 0 saturated heterocycles. The fourth-order valence-electron chi connectivity index (χ4n) is 2.70. The van der Waals surface area contributed by atoms with E-state index in [1.54, 1.807) is 12.1 Å². The van der Waals surface area contributed by atoms with Crippen molar-refractivity contribution in [1.82, 2.24) is 0 Å². The predicted octanol–water partition coefficient (Wildman–Crippen LogP) is 3.28. The number of benzodiazepines with no additional fused rings is 1. The van der Waals surface area contributed by atoms with E-state index in [1.165, 1.54) is 6.07 Å². The minimum atomic E-state index is -0.250. The topological polar surface area (TPSA) is 41.6 Å². The summed E-state index contributed by atoms with van der Waals surface area (Å²) in [7, 11) is 2.01. The van der Waals surface area contributed by atoms with Crippen molar-refractivity contribution in [2.45, 2.75) is 6.04 Å². The summed E-state index contributed by atoms with van der Waals surface area (Å²) in [6.07, 6.45) is 0. The Morgan fingerprint density at radius 2 is 1.70 bits per heavy atom. The van der Waals surface area contributed by atoms with Crippen LogP contribution in [0.25, 0.3) is 0 Å². The van der Waals surface area contributed by atoms with Crippen LogP contribution in [-0.4, -0.2) is 31.9 Å². The zero-order chi connectivity index (χ0) is 14.8. The molecule has 3 rings (SSSR count). The molecule has 0 fully saturated rings. The third kappa shape index (κ3) is 3.66. The van der Waals surface area contributed by atoms with E-state index in [1.807, 2.05) is 37.4 Å². The summed E-state index contributed by atoms with van der Waals surface area (Å²) in [5.41, 5.74) is 9.07. The Labute approximate surface area is 148 Å². The molecule has 1 aliphatic rings. The van der Waals surface area contributed by atoms with Gasteiger partial charge in [-0.1, -0.05) is 30.3 Å². The van der Waals surface area contributed by atoms with Crippen molar-refractivity contribution in [2.75, 3.05) is 25.0 Å². The lowest BCUT2D eigenvalue weighted by Gasteiger charge is -2.27. The number of fused-ring (bicyclic) bond motifs is 1. The van der Waals surface area contributed by atoms with Crippen LogP contribution in [0.2, 0.25) is 0 Å². The number of nitrogens with two attached hydrogens (primary N) is 1. The Morgan fingerprint density at radius 3 is 2.35 bits per heavy atom. The molecular formula is C17H20Cl2FN3. The van der Waals surface area contributed by atoms with Crippen LogP contribution in [0.15, 0.2) is 53.5 Å². The van der Waals surface area contributed by atoms with Gasteiger partial charge in [0.05, 0.1) is 18.3 Å². The molecule has 0 aliphatic carbocycles. The normalized spacial score (nSPS) is 16.4. The van der Waals surface area contributed by atoms with Gasteiger partial charge < -0.3 is 10.6 Å². The maximum atomic E-state index is 14.2. The van der Waals surface area contributed by atoms with Crippen LogP contribution < -0.4 is 10.6 Å². The van der Waals surface area contributed by atoms with Crippen LogP contribution in [0.5, 0.6) is 0 Å². The quantitative estimate of drug-likeness (QED) is 0.897. The largest absolute Gasteiger partial charge is 0.368 e. The van der Waals surface area contributed by atoms with Gasteiger partial charge >= 0.3 is 0 Å². The average Bonchev–Trinajstić information content (AvgIpc) is 2.65. The maximum Gasteiger partial charge on any atom is 0.132 e. The molecule has 6 heteroatoms. The summed E-state index contributed by atoms with van der Waals surface area (Å²) < 4.78 is 14.2. The van der Waals surface area contributed by atoms with E-state index in [-0.39, 0.29) is 36.7 Å². The van der Waals surface area contributed by atoms with E-state index >= 15 is 0 Å². The molecule has 1 unspecified atom stereocenters. The van der Waals surface area contributed by atoms with Crippen LogP contribution in [0, 0.1) is 5.82 Å². The Bertz CT molecular complexity index is 691. The molecule has 2 aromatic rings. The van der Waals surface area contributed by atoms with Crippen molar-refractivity contribution < 1.29 is 4.39 Å².